The van der Waals surface area contributed by atoms with Crippen molar-refractivity contribution in [1.29, 1.82) is 0 Å². The maximum Gasteiger partial charge on any atom is 0.573 e. The maximum atomic E-state index is 12.8. The second kappa shape index (κ2) is 7.85. The molecule has 5 nitrogen and oxygen atoms in total. The summed E-state index contributed by atoms with van der Waals surface area (Å²) in [5.74, 6) is -2.47. The molecular weight excluding hydrogens is 358 g/mol. The molecule has 0 aliphatic heterocycles. The number of rotatable bonds is 5. The van der Waals surface area contributed by atoms with Gasteiger partial charge in [0.25, 0.3) is 5.91 Å². The molecule has 138 valence electrons. The molecule has 9 heteroatoms. The molecule has 26 heavy (non-hydrogen) atoms. The first-order valence-electron chi connectivity index (χ1n) is 7.27. The van der Waals surface area contributed by atoms with Gasteiger partial charge in [-0.25, -0.2) is 9.18 Å². The van der Waals surface area contributed by atoms with E-state index in [-0.39, 0.29) is 11.3 Å². The minimum Gasteiger partial charge on any atom is -0.449 e. The number of halogens is 4. The number of hydrogen-bond donors (Lipinski definition) is 1. The Balaban J connectivity index is 1.92. The largest absolute Gasteiger partial charge is 0.573 e. The van der Waals surface area contributed by atoms with Crippen LogP contribution in [0.15, 0.2) is 48.5 Å². The van der Waals surface area contributed by atoms with E-state index in [1.54, 1.807) is 0 Å². The van der Waals surface area contributed by atoms with Gasteiger partial charge in [0.1, 0.15) is 11.6 Å². The minimum absolute atomic E-state index is 0.0692. The fourth-order valence-electron chi connectivity index (χ4n) is 1.85. The Kier molecular flexibility index (Phi) is 5.81. The van der Waals surface area contributed by atoms with Gasteiger partial charge in [0.05, 0.1) is 5.56 Å². The molecule has 0 saturated heterocycles. The van der Waals surface area contributed by atoms with Crippen molar-refractivity contribution in [1.82, 2.24) is 0 Å². The molecule has 0 aliphatic carbocycles. The second-order valence-corrected chi connectivity index (χ2v) is 5.12. The molecule has 1 atom stereocenters. The van der Waals surface area contributed by atoms with Gasteiger partial charge >= 0.3 is 12.3 Å². The number of anilines is 1. The third-order valence-electron chi connectivity index (χ3n) is 3.09. The van der Waals surface area contributed by atoms with Crippen LogP contribution in [-0.4, -0.2) is 24.3 Å². The lowest BCUT2D eigenvalue weighted by molar-refractivity contribution is -0.274. The van der Waals surface area contributed by atoms with E-state index in [1.165, 1.54) is 31.2 Å². The molecule has 1 amide bonds. The van der Waals surface area contributed by atoms with Crippen LogP contribution in [0.4, 0.5) is 23.2 Å². The molecule has 0 aromatic heterocycles. The summed E-state index contributed by atoms with van der Waals surface area (Å²) < 4.78 is 57.7. The third-order valence-corrected chi connectivity index (χ3v) is 3.09. The van der Waals surface area contributed by atoms with E-state index >= 15 is 0 Å². The zero-order valence-corrected chi connectivity index (χ0v) is 13.3. The lowest BCUT2D eigenvalue weighted by Gasteiger charge is -2.14. The first-order chi connectivity index (χ1) is 12.1. The van der Waals surface area contributed by atoms with Crippen molar-refractivity contribution >= 4 is 17.6 Å². The quantitative estimate of drug-likeness (QED) is 0.639. The zero-order valence-electron chi connectivity index (χ0n) is 13.3. The van der Waals surface area contributed by atoms with Crippen molar-refractivity contribution in [3.63, 3.8) is 0 Å². The van der Waals surface area contributed by atoms with E-state index in [0.717, 1.165) is 24.3 Å². The van der Waals surface area contributed by atoms with Crippen molar-refractivity contribution in [2.24, 2.45) is 0 Å². The van der Waals surface area contributed by atoms with Crippen LogP contribution in [0.3, 0.4) is 0 Å². The van der Waals surface area contributed by atoms with Gasteiger partial charge in [-0.1, -0.05) is 0 Å². The summed E-state index contributed by atoms with van der Waals surface area (Å²) in [5.41, 5.74) is 0.258. The molecule has 0 spiro atoms. The first kappa shape index (κ1) is 19.2. The van der Waals surface area contributed by atoms with Gasteiger partial charge in [0.2, 0.25) is 0 Å². The van der Waals surface area contributed by atoms with Crippen molar-refractivity contribution in [2.45, 2.75) is 19.4 Å². The minimum atomic E-state index is -4.81. The summed E-state index contributed by atoms with van der Waals surface area (Å²) >= 11 is 0. The van der Waals surface area contributed by atoms with Crippen LogP contribution in [0.5, 0.6) is 5.75 Å². The predicted octanol–water partition coefficient (Wildman–Crippen LogP) is 3.91. The smallest absolute Gasteiger partial charge is 0.449 e. The van der Waals surface area contributed by atoms with Crippen LogP contribution in [0.1, 0.15) is 17.3 Å². The number of carbonyl (C=O) groups excluding carboxylic acids is 2. The molecule has 1 unspecified atom stereocenters. The van der Waals surface area contributed by atoms with Gasteiger partial charge < -0.3 is 14.8 Å². The SMILES string of the molecule is CC(OC(=O)c1ccc(F)cc1)C(=O)Nc1ccc(OC(F)(F)F)cc1. The highest BCUT2D eigenvalue weighted by atomic mass is 19.4. The lowest BCUT2D eigenvalue weighted by Crippen LogP contribution is -2.30. The van der Waals surface area contributed by atoms with E-state index in [0.29, 0.717) is 0 Å². The number of amides is 1. The Morgan fingerprint density at radius 1 is 1.00 bits per heavy atom. The van der Waals surface area contributed by atoms with E-state index < -0.39 is 35.9 Å². The lowest BCUT2D eigenvalue weighted by atomic mass is 10.2. The van der Waals surface area contributed by atoms with Crippen LogP contribution in [0.25, 0.3) is 0 Å². The molecule has 0 aliphatic rings. The average molecular weight is 371 g/mol. The molecule has 2 aromatic rings. The summed E-state index contributed by atoms with van der Waals surface area (Å²) in [6, 6.07) is 9.03. The molecule has 0 heterocycles. The van der Waals surface area contributed by atoms with E-state index in [2.05, 4.69) is 10.1 Å². The Bertz CT molecular complexity index is 773. The molecule has 2 rings (SSSR count). The Labute approximate surface area is 145 Å². The summed E-state index contributed by atoms with van der Waals surface area (Å²) in [7, 11) is 0. The Morgan fingerprint density at radius 3 is 2.12 bits per heavy atom. The highest BCUT2D eigenvalue weighted by Crippen LogP contribution is 2.24. The van der Waals surface area contributed by atoms with E-state index in [1.807, 2.05) is 0 Å². The molecule has 2 aromatic carbocycles. The van der Waals surface area contributed by atoms with Crippen LogP contribution in [0, 0.1) is 5.82 Å². The molecule has 0 saturated carbocycles. The van der Waals surface area contributed by atoms with Crippen molar-refractivity contribution in [3.8, 4) is 5.75 Å². The Hall–Kier alpha value is -3.10. The normalized spacial score (nSPS) is 12.2. The summed E-state index contributed by atoms with van der Waals surface area (Å²) in [6.07, 6.45) is -5.99. The summed E-state index contributed by atoms with van der Waals surface area (Å²) in [6.45, 7) is 1.32. The number of esters is 1. The molecule has 0 bridgehead atoms. The third kappa shape index (κ3) is 5.76. The van der Waals surface area contributed by atoms with E-state index in [4.69, 9.17) is 4.74 Å². The second-order valence-electron chi connectivity index (χ2n) is 5.12. The zero-order chi connectivity index (χ0) is 19.3. The summed E-state index contributed by atoms with van der Waals surface area (Å²) in [4.78, 5) is 23.8. The number of hydrogen-bond acceptors (Lipinski definition) is 4. The van der Waals surface area contributed by atoms with Crippen molar-refractivity contribution < 1.29 is 36.6 Å². The fraction of sp³-hybridized carbons (Fsp3) is 0.176. The van der Waals surface area contributed by atoms with Gasteiger partial charge in [-0.15, -0.1) is 13.2 Å². The van der Waals surface area contributed by atoms with Crippen molar-refractivity contribution in [3.05, 3.63) is 59.9 Å². The molecular formula is C17H13F4NO4. The van der Waals surface area contributed by atoms with Gasteiger partial charge in [0, 0.05) is 5.69 Å². The van der Waals surface area contributed by atoms with Gasteiger partial charge in [0.15, 0.2) is 6.10 Å². The summed E-state index contributed by atoms with van der Waals surface area (Å²) in [5, 5.41) is 2.38. The van der Waals surface area contributed by atoms with Crippen LogP contribution in [-0.2, 0) is 9.53 Å². The number of alkyl halides is 3. The monoisotopic (exact) mass is 371 g/mol. The average Bonchev–Trinajstić information content (AvgIpc) is 2.55. The first-order valence-corrected chi connectivity index (χ1v) is 7.27. The van der Waals surface area contributed by atoms with Crippen LogP contribution >= 0.6 is 0 Å². The Morgan fingerprint density at radius 2 is 1.58 bits per heavy atom. The number of nitrogens with one attached hydrogen (secondary N) is 1. The van der Waals surface area contributed by atoms with Gasteiger partial charge in [-0.2, -0.15) is 0 Å². The topological polar surface area (TPSA) is 64.6 Å². The van der Waals surface area contributed by atoms with Crippen LogP contribution < -0.4 is 10.1 Å². The van der Waals surface area contributed by atoms with Crippen LogP contribution in [0.2, 0.25) is 0 Å². The maximum absolute atomic E-state index is 12.8. The molecule has 0 fully saturated rings. The number of benzene rings is 2. The van der Waals surface area contributed by atoms with Gasteiger partial charge in [-0.3, -0.25) is 4.79 Å². The van der Waals surface area contributed by atoms with Gasteiger partial charge in [-0.05, 0) is 55.5 Å². The molecule has 1 N–H and O–H groups in total. The number of ether oxygens (including phenoxy) is 2. The molecule has 0 radical (unpaired) electrons. The highest BCUT2D eigenvalue weighted by molar-refractivity contribution is 5.97. The highest BCUT2D eigenvalue weighted by Gasteiger charge is 2.31. The number of carbonyl (C=O) groups is 2. The predicted molar refractivity (Wildman–Crippen MR) is 83.0 cm³/mol. The fourth-order valence-corrected chi connectivity index (χ4v) is 1.85. The van der Waals surface area contributed by atoms with E-state index in [9.17, 15) is 27.2 Å². The van der Waals surface area contributed by atoms with Crippen molar-refractivity contribution in [2.75, 3.05) is 5.32 Å². The standard InChI is InChI=1S/C17H13F4NO4/c1-10(25-16(24)11-2-4-12(18)5-3-11)15(23)22-13-6-8-14(9-7-13)26-17(19,20)21/h2-10H,1H3,(H,22,23).